The van der Waals surface area contributed by atoms with Crippen LogP contribution in [0.5, 0.6) is 0 Å². The lowest BCUT2D eigenvalue weighted by molar-refractivity contribution is 0.0948. The molecule has 0 aromatic heterocycles. The van der Waals surface area contributed by atoms with Gasteiger partial charge in [-0.2, -0.15) is 0 Å². The number of anilines is 1. The Kier molecular flexibility index (Phi) is 5.65. The molecule has 25 heavy (non-hydrogen) atoms. The van der Waals surface area contributed by atoms with Gasteiger partial charge in [-0.3, -0.25) is 9.79 Å². The molecule has 1 amide bonds. The number of amides is 1. The Hall–Kier alpha value is -1.58. The first kappa shape index (κ1) is 18.2. The molecule has 3 rings (SSSR count). The normalized spacial score (nSPS) is 23.8. The van der Waals surface area contributed by atoms with Crippen LogP contribution in [0.3, 0.4) is 0 Å². The van der Waals surface area contributed by atoms with Gasteiger partial charge in [-0.1, -0.05) is 17.8 Å². The molecule has 1 fully saturated rings. The first-order valence-electron chi connectivity index (χ1n) is 8.06. The van der Waals surface area contributed by atoms with Crippen molar-refractivity contribution in [2.75, 3.05) is 37.1 Å². The molecule has 0 aliphatic carbocycles. The van der Waals surface area contributed by atoms with Gasteiger partial charge in [0.25, 0.3) is 5.91 Å². The Labute approximate surface area is 151 Å². The van der Waals surface area contributed by atoms with Crippen molar-refractivity contribution in [3.63, 3.8) is 0 Å². The summed E-state index contributed by atoms with van der Waals surface area (Å²) in [6.07, 6.45) is 0.763. The number of ether oxygens (including phenoxy) is 1. The second-order valence-corrected chi connectivity index (χ2v) is 9.42. The van der Waals surface area contributed by atoms with Crippen LogP contribution in [-0.2, 0) is 14.6 Å². The highest BCUT2D eigenvalue weighted by Gasteiger charge is 2.42. The van der Waals surface area contributed by atoms with Crippen LogP contribution >= 0.6 is 11.8 Å². The molecular weight excluding hydrogens is 362 g/mol. The lowest BCUT2D eigenvalue weighted by atomic mass is 10.2. The van der Waals surface area contributed by atoms with E-state index in [2.05, 4.69) is 15.6 Å². The number of aliphatic imine (C=N–C) groups is 1. The number of benzene rings is 1. The van der Waals surface area contributed by atoms with E-state index in [4.69, 9.17) is 4.74 Å². The fourth-order valence-corrected chi connectivity index (χ4v) is 6.47. The number of nitrogens with one attached hydrogen (secondary N) is 2. The highest BCUT2D eigenvalue weighted by molar-refractivity contribution is 8.15. The summed E-state index contributed by atoms with van der Waals surface area (Å²) >= 11 is 1.46. The van der Waals surface area contributed by atoms with Crippen LogP contribution in [-0.4, -0.2) is 62.6 Å². The van der Waals surface area contributed by atoms with E-state index in [-0.39, 0.29) is 28.7 Å². The monoisotopic (exact) mass is 383 g/mol. The lowest BCUT2D eigenvalue weighted by Crippen LogP contribution is -2.25. The lowest BCUT2D eigenvalue weighted by Gasteiger charge is -2.09. The van der Waals surface area contributed by atoms with Gasteiger partial charge in [0, 0.05) is 36.8 Å². The molecule has 1 saturated heterocycles. The number of amidine groups is 1. The molecule has 0 spiro atoms. The maximum atomic E-state index is 12.1. The van der Waals surface area contributed by atoms with Crippen molar-refractivity contribution in [3.05, 3.63) is 29.8 Å². The zero-order valence-electron chi connectivity index (χ0n) is 13.9. The van der Waals surface area contributed by atoms with Gasteiger partial charge in [0.15, 0.2) is 15.0 Å². The van der Waals surface area contributed by atoms with Crippen molar-refractivity contribution >= 4 is 38.4 Å². The van der Waals surface area contributed by atoms with Gasteiger partial charge < -0.3 is 15.4 Å². The zero-order chi connectivity index (χ0) is 17.9. The summed E-state index contributed by atoms with van der Waals surface area (Å²) in [5.41, 5.74) is 1.33. The number of fused-ring (bicyclic) bond motifs is 1. The zero-order valence-corrected chi connectivity index (χ0v) is 15.5. The fourth-order valence-electron chi connectivity index (χ4n) is 2.80. The Morgan fingerprint density at radius 2 is 2.24 bits per heavy atom. The molecule has 2 aliphatic heterocycles. The molecule has 1 aromatic carbocycles. The number of carbonyl (C=O) groups is 1. The van der Waals surface area contributed by atoms with Crippen LogP contribution in [0.4, 0.5) is 5.69 Å². The number of hydrogen-bond donors (Lipinski definition) is 2. The minimum atomic E-state index is -2.95. The summed E-state index contributed by atoms with van der Waals surface area (Å²) in [5.74, 6) is 0.171. The average molecular weight is 383 g/mol. The van der Waals surface area contributed by atoms with Gasteiger partial charge in [-0.25, -0.2) is 8.42 Å². The van der Waals surface area contributed by atoms with Crippen molar-refractivity contribution < 1.29 is 17.9 Å². The third kappa shape index (κ3) is 4.74. The minimum Gasteiger partial charge on any atom is -0.385 e. The molecule has 2 heterocycles. The maximum Gasteiger partial charge on any atom is 0.251 e. The van der Waals surface area contributed by atoms with Crippen LogP contribution in [0.25, 0.3) is 0 Å². The minimum absolute atomic E-state index is 0.000217. The van der Waals surface area contributed by atoms with E-state index in [9.17, 15) is 13.2 Å². The SMILES string of the molecule is COCCCNC(=O)c1cccc(NC2=N[C@H]3CS(=O)(=O)C[C@@H]3S2)c1. The molecule has 0 saturated carbocycles. The van der Waals surface area contributed by atoms with Gasteiger partial charge in [0.05, 0.1) is 17.5 Å². The molecule has 7 nitrogen and oxygen atoms in total. The highest BCUT2D eigenvalue weighted by atomic mass is 32.2. The number of carbonyl (C=O) groups excluding carboxylic acids is 1. The number of hydrogen-bond acceptors (Lipinski definition) is 7. The van der Waals surface area contributed by atoms with Gasteiger partial charge in [0.1, 0.15) is 0 Å². The van der Waals surface area contributed by atoms with Crippen LogP contribution < -0.4 is 10.6 Å². The summed E-state index contributed by atoms with van der Waals surface area (Å²) in [6.45, 7) is 1.17. The van der Waals surface area contributed by atoms with E-state index in [0.29, 0.717) is 23.9 Å². The van der Waals surface area contributed by atoms with Crippen LogP contribution in [0.2, 0.25) is 0 Å². The number of rotatable bonds is 6. The highest BCUT2D eigenvalue weighted by Crippen LogP contribution is 2.34. The maximum absolute atomic E-state index is 12.1. The van der Waals surface area contributed by atoms with Crippen molar-refractivity contribution in [2.24, 2.45) is 4.99 Å². The predicted octanol–water partition coefficient (Wildman–Crippen LogP) is 1.13. The summed E-state index contributed by atoms with van der Waals surface area (Å²) < 4.78 is 28.2. The number of nitrogens with zero attached hydrogens (tertiary/aromatic N) is 1. The Balaban J connectivity index is 1.58. The molecular formula is C16H21N3O4S2. The quantitative estimate of drug-likeness (QED) is 0.715. The first-order valence-corrected chi connectivity index (χ1v) is 10.8. The van der Waals surface area contributed by atoms with Crippen molar-refractivity contribution in [1.82, 2.24) is 5.32 Å². The largest absolute Gasteiger partial charge is 0.385 e. The molecule has 0 unspecified atom stereocenters. The van der Waals surface area contributed by atoms with E-state index in [1.54, 1.807) is 25.3 Å². The summed E-state index contributed by atoms with van der Waals surface area (Å²) in [6, 6.07) is 7.01. The molecule has 2 atom stereocenters. The number of sulfone groups is 1. The average Bonchev–Trinajstić information content (AvgIpc) is 3.04. The van der Waals surface area contributed by atoms with Crippen molar-refractivity contribution in [1.29, 1.82) is 0 Å². The van der Waals surface area contributed by atoms with Crippen LogP contribution in [0.1, 0.15) is 16.8 Å². The molecule has 0 radical (unpaired) electrons. The van der Waals surface area contributed by atoms with Crippen molar-refractivity contribution in [3.8, 4) is 0 Å². The van der Waals surface area contributed by atoms with Gasteiger partial charge >= 0.3 is 0 Å². The molecule has 9 heteroatoms. The summed E-state index contributed by atoms with van der Waals surface area (Å²) in [4.78, 5) is 16.6. The first-order chi connectivity index (χ1) is 12.0. The smallest absolute Gasteiger partial charge is 0.251 e. The second-order valence-electron chi connectivity index (χ2n) is 6.04. The third-order valence-electron chi connectivity index (χ3n) is 4.00. The van der Waals surface area contributed by atoms with E-state index < -0.39 is 9.84 Å². The van der Waals surface area contributed by atoms with Crippen molar-refractivity contribution in [2.45, 2.75) is 17.7 Å². The Bertz CT molecular complexity index is 779. The molecule has 1 aromatic rings. The standard InChI is InChI=1S/C16H21N3O4S2/c1-23-7-3-6-17-15(20)11-4-2-5-12(8-11)18-16-19-13-9-25(21,22)10-14(13)24-16/h2,4-5,8,13-14H,3,6-7,9-10H2,1H3,(H,17,20)(H,18,19)/t13-,14-/m0/s1. The van der Waals surface area contributed by atoms with Crippen LogP contribution in [0.15, 0.2) is 29.3 Å². The van der Waals surface area contributed by atoms with E-state index in [1.807, 2.05) is 6.07 Å². The Morgan fingerprint density at radius 3 is 3.00 bits per heavy atom. The molecule has 2 N–H and O–H groups in total. The predicted molar refractivity (Wildman–Crippen MR) is 100 cm³/mol. The van der Waals surface area contributed by atoms with Gasteiger partial charge in [-0.05, 0) is 24.6 Å². The molecule has 136 valence electrons. The third-order valence-corrected chi connectivity index (χ3v) is 7.15. The number of thioether (sulfide) groups is 1. The second kappa shape index (κ2) is 7.76. The van der Waals surface area contributed by atoms with E-state index in [0.717, 1.165) is 12.1 Å². The van der Waals surface area contributed by atoms with Crippen LogP contribution in [0, 0.1) is 0 Å². The topological polar surface area (TPSA) is 96.9 Å². The van der Waals surface area contributed by atoms with Gasteiger partial charge in [0.2, 0.25) is 0 Å². The molecule has 2 aliphatic rings. The van der Waals surface area contributed by atoms with Gasteiger partial charge in [-0.15, -0.1) is 0 Å². The summed E-state index contributed by atoms with van der Waals surface area (Å²) in [5, 5.41) is 6.74. The van der Waals surface area contributed by atoms with E-state index >= 15 is 0 Å². The fraction of sp³-hybridized carbons (Fsp3) is 0.500. The number of methoxy groups -OCH3 is 1. The summed E-state index contributed by atoms with van der Waals surface area (Å²) in [7, 11) is -1.32. The van der Waals surface area contributed by atoms with E-state index in [1.165, 1.54) is 11.8 Å². The Morgan fingerprint density at radius 1 is 1.40 bits per heavy atom. The molecule has 0 bridgehead atoms.